The van der Waals surface area contributed by atoms with E-state index in [1.165, 1.54) is 19.3 Å². The Morgan fingerprint density at radius 2 is 2.08 bits per heavy atom. The largest absolute Gasteiger partial charge is 0.484 e. The number of benzene rings is 1. The molecule has 7 heteroatoms. The number of nitrogens with two attached hydrogens (primary N) is 1. The van der Waals surface area contributed by atoms with Crippen LogP contribution in [-0.2, 0) is 11.3 Å². The van der Waals surface area contributed by atoms with E-state index in [0.717, 1.165) is 24.5 Å². The van der Waals surface area contributed by atoms with Crippen molar-refractivity contribution in [3.05, 3.63) is 29.8 Å². The smallest absolute Gasteiger partial charge is 0.255 e. The van der Waals surface area contributed by atoms with Crippen LogP contribution in [0.2, 0.25) is 0 Å². The zero-order chi connectivity index (χ0) is 18.5. The van der Waals surface area contributed by atoms with Gasteiger partial charge in [-0.3, -0.25) is 4.79 Å². The molecule has 0 aliphatic rings. The molecule has 0 spiro atoms. The van der Waals surface area contributed by atoms with Crippen LogP contribution in [0.15, 0.2) is 29.3 Å². The first kappa shape index (κ1) is 24.5. The average molecular weight is 476 g/mol. The van der Waals surface area contributed by atoms with E-state index in [1.807, 2.05) is 18.2 Å². The van der Waals surface area contributed by atoms with Crippen LogP contribution in [-0.4, -0.2) is 31.1 Å². The van der Waals surface area contributed by atoms with Crippen molar-refractivity contribution in [2.24, 2.45) is 10.7 Å². The number of halogens is 1. The molecule has 6 nitrogen and oxygen atoms in total. The van der Waals surface area contributed by atoms with E-state index in [2.05, 4.69) is 36.4 Å². The predicted molar refractivity (Wildman–Crippen MR) is 118 cm³/mol. The Balaban J connectivity index is 0.00000625. The summed E-state index contributed by atoms with van der Waals surface area (Å²) < 4.78 is 5.33. The highest BCUT2D eigenvalue weighted by Gasteiger charge is 2.05. The number of hydrogen-bond acceptors (Lipinski definition) is 3. The minimum Gasteiger partial charge on any atom is -0.484 e. The highest BCUT2D eigenvalue weighted by atomic mass is 127. The molecule has 1 aromatic carbocycles. The number of rotatable bonds is 11. The molecule has 1 amide bonds. The number of nitrogens with one attached hydrogen (secondary N) is 2. The van der Waals surface area contributed by atoms with Crippen molar-refractivity contribution in [3.63, 3.8) is 0 Å². The lowest BCUT2D eigenvalue weighted by atomic mass is 10.1. The van der Waals surface area contributed by atoms with Gasteiger partial charge in [-0.15, -0.1) is 24.0 Å². The van der Waals surface area contributed by atoms with Gasteiger partial charge < -0.3 is 21.1 Å². The van der Waals surface area contributed by atoms with E-state index in [4.69, 9.17) is 10.5 Å². The Hall–Kier alpha value is -1.51. The molecule has 0 bridgehead atoms. The first-order chi connectivity index (χ1) is 12.0. The van der Waals surface area contributed by atoms with Gasteiger partial charge in [-0.25, -0.2) is 4.99 Å². The summed E-state index contributed by atoms with van der Waals surface area (Å²) in [6, 6.07) is 7.93. The third-order valence-corrected chi connectivity index (χ3v) is 3.67. The van der Waals surface area contributed by atoms with E-state index in [-0.39, 0.29) is 30.6 Å². The molecule has 0 saturated heterocycles. The summed E-state index contributed by atoms with van der Waals surface area (Å²) in [6.07, 6.45) is 4.85. The summed E-state index contributed by atoms with van der Waals surface area (Å²) in [5.41, 5.74) is 6.11. The van der Waals surface area contributed by atoms with Crippen LogP contribution in [0.3, 0.4) is 0 Å². The third-order valence-electron chi connectivity index (χ3n) is 3.67. The summed E-state index contributed by atoms with van der Waals surface area (Å²) in [6.45, 7) is 7.68. The molecule has 0 radical (unpaired) electrons. The van der Waals surface area contributed by atoms with Gasteiger partial charge in [0.15, 0.2) is 12.6 Å². The van der Waals surface area contributed by atoms with Gasteiger partial charge in [0.25, 0.3) is 5.91 Å². The van der Waals surface area contributed by atoms with Gasteiger partial charge in [-0.1, -0.05) is 38.3 Å². The minimum absolute atomic E-state index is 0. The fraction of sp³-hybridized carbons (Fsp3) is 0.579. The molecule has 0 aliphatic heterocycles. The van der Waals surface area contributed by atoms with E-state index in [9.17, 15) is 4.79 Å². The first-order valence-corrected chi connectivity index (χ1v) is 9.10. The molecular weight excluding hydrogens is 443 g/mol. The van der Waals surface area contributed by atoms with Gasteiger partial charge in [0.05, 0.1) is 6.54 Å². The zero-order valence-corrected chi connectivity index (χ0v) is 18.4. The number of nitrogens with zero attached hydrogens (tertiary/aromatic N) is 1. The van der Waals surface area contributed by atoms with Crippen LogP contribution in [0, 0.1) is 0 Å². The predicted octanol–water partition coefficient (Wildman–Crippen LogP) is 3.19. The van der Waals surface area contributed by atoms with Crippen molar-refractivity contribution in [2.75, 3.05) is 13.2 Å². The second kappa shape index (κ2) is 14.6. The maximum Gasteiger partial charge on any atom is 0.255 e. The van der Waals surface area contributed by atoms with Crippen LogP contribution in [0.4, 0.5) is 0 Å². The highest BCUT2D eigenvalue weighted by Crippen LogP contribution is 2.14. The Morgan fingerprint density at radius 3 is 2.73 bits per heavy atom. The number of ether oxygens (including phenoxy) is 1. The Morgan fingerprint density at radius 1 is 1.31 bits per heavy atom. The number of aliphatic imine (C=N–C) groups is 1. The molecule has 1 aromatic rings. The second-order valence-corrected chi connectivity index (χ2v) is 6.14. The fourth-order valence-electron chi connectivity index (χ4n) is 2.38. The van der Waals surface area contributed by atoms with Crippen molar-refractivity contribution < 1.29 is 9.53 Å². The van der Waals surface area contributed by atoms with Crippen LogP contribution in [0.25, 0.3) is 0 Å². The molecule has 4 N–H and O–H groups in total. The minimum atomic E-state index is -0.487. The molecule has 1 unspecified atom stereocenters. The maximum atomic E-state index is 10.8. The van der Waals surface area contributed by atoms with Gasteiger partial charge in [-0.2, -0.15) is 0 Å². The van der Waals surface area contributed by atoms with Gasteiger partial charge in [0.1, 0.15) is 5.75 Å². The first-order valence-electron chi connectivity index (χ1n) is 9.10. The Bertz CT molecular complexity index is 552. The number of amides is 1. The molecule has 1 atom stereocenters. The van der Waals surface area contributed by atoms with Gasteiger partial charge >= 0.3 is 0 Å². The van der Waals surface area contributed by atoms with Gasteiger partial charge in [-0.05, 0) is 38.0 Å². The van der Waals surface area contributed by atoms with Crippen molar-refractivity contribution in [3.8, 4) is 5.75 Å². The molecule has 0 fully saturated rings. The van der Waals surface area contributed by atoms with Gasteiger partial charge in [0.2, 0.25) is 0 Å². The normalized spacial score (nSPS) is 12.0. The number of primary amides is 1. The molecular formula is C19H33IN4O2. The maximum absolute atomic E-state index is 10.8. The van der Waals surface area contributed by atoms with Gasteiger partial charge in [0, 0.05) is 12.6 Å². The summed E-state index contributed by atoms with van der Waals surface area (Å²) in [4.78, 5) is 15.4. The lowest BCUT2D eigenvalue weighted by molar-refractivity contribution is -0.119. The van der Waals surface area contributed by atoms with E-state index < -0.39 is 5.91 Å². The summed E-state index contributed by atoms with van der Waals surface area (Å²) in [5, 5.41) is 6.72. The monoisotopic (exact) mass is 476 g/mol. The summed E-state index contributed by atoms with van der Waals surface area (Å²) >= 11 is 0. The van der Waals surface area contributed by atoms with Crippen molar-refractivity contribution in [2.45, 2.75) is 59.0 Å². The molecule has 26 heavy (non-hydrogen) atoms. The highest BCUT2D eigenvalue weighted by molar-refractivity contribution is 14.0. The quantitative estimate of drug-likeness (QED) is 0.198. The second-order valence-electron chi connectivity index (χ2n) is 6.14. The van der Waals surface area contributed by atoms with Crippen molar-refractivity contribution in [1.29, 1.82) is 0 Å². The molecule has 0 heterocycles. The fourth-order valence-corrected chi connectivity index (χ4v) is 2.38. The van der Waals surface area contributed by atoms with E-state index >= 15 is 0 Å². The van der Waals surface area contributed by atoms with Crippen molar-refractivity contribution >= 4 is 35.8 Å². The number of unbranched alkanes of at least 4 members (excludes halogenated alkanes) is 2. The summed E-state index contributed by atoms with van der Waals surface area (Å²) in [5.74, 6) is 0.950. The molecule has 0 aliphatic carbocycles. The Labute approximate surface area is 174 Å². The zero-order valence-electron chi connectivity index (χ0n) is 16.1. The average Bonchev–Trinajstić information content (AvgIpc) is 2.59. The Kier molecular flexibility index (Phi) is 13.8. The SMILES string of the molecule is CCCCCC(C)NC(=NCc1cccc(OCC(N)=O)c1)NCC.I. The molecule has 0 saturated carbocycles. The van der Waals surface area contributed by atoms with Crippen LogP contribution < -0.4 is 21.1 Å². The third kappa shape index (κ3) is 11.2. The van der Waals surface area contributed by atoms with Crippen molar-refractivity contribution in [1.82, 2.24) is 10.6 Å². The number of guanidine groups is 1. The number of hydrogen-bond donors (Lipinski definition) is 3. The topological polar surface area (TPSA) is 88.7 Å². The van der Waals surface area contributed by atoms with Crippen LogP contribution in [0.1, 0.15) is 52.0 Å². The molecule has 0 aromatic heterocycles. The van der Waals surface area contributed by atoms with Crippen LogP contribution >= 0.6 is 24.0 Å². The number of carbonyl (C=O) groups is 1. The number of carbonyl (C=O) groups excluding carboxylic acids is 1. The van der Waals surface area contributed by atoms with E-state index in [0.29, 0.717) is 18.3 Å². The lowest BCUT2D eigenvalue weighted by Crippen LogP contribution is -2.42. The van der Waals surface area contributed by atoms with Crippen LogP contribution in [0.5, 0.6) is 5.75 Å². The standard InChI is InChI=1S/C19H32N4O2.HI/c1-4-6-7-9-15(3)23-19(21-5-2)22-13-16-10-8-11-17(12-16)25-14-18(20)24;/h8,10-12,15H,4-7,9,13-14H2,1-3H3,(H2,20,24)(H2,21,22,23);1H. The molecule has 148 valence electrons. The lowest BCUT2D eigenvalue weighted by Gasteiger charge is -2.17. The summed E-state index contributed by atoms with van der Waals surface area (Å²) in [7, 11) is 0. The molecule has 1 rings (SSSR count). The van der Waals surface area contributed by atoms with E-state index in [1.54, 1.807) is 6.07 Å².